The number of anilines is 1. The fraction of sp³-hybridized carbons (Fsp3) is 0.467. The van der Waals surface area contributed by atoms with Gasteiger partial charge in [-0.05, 0) is 12.8 Å². The predicted octanol–water partition coefficient (Wildman–Crippen LogP) is -2.30. The van der Waals surface area contributed by atoms with Gasteiger partial charge in [0.05, 0.1) is 6.33 Å². The summed E-state index contributed by atoms with van der Waals surface area (Å²) in [7, 11) is 0. The monoisotopic (exact) mass is 392 g/mol. The van der Waals surface area contributed by atoms with Crippen LogP contribution in [0.2, 0.25) is 0 Å². The Morgan fingerprint density at radius 3 is 2.68 bits per heavy atom. The van der Waals surface area contributed by atoms with E-state index in [4.69, 9.17) is 22.9 Å². The SMILES string of the molecule is NCCN(C(=O)Cn1cnc2c(N)ncnc21)[C@@H](CCCN=C(N)N)C(=O)O. The average Bonchev–Trinajstić information content (AvgIpc) is 3.04. The molecule has 2 aromatic heterocycles. The number of rotatable bonds is 10. The van der Waals surface area contributed by atoms with Gasteiger partial charge in [0.25, 0.3) is 0 Å². The number of carboxylic acid groups (broad SMARTS) is 1. The molecule has 0 radical (unpaired) electrons. The number of carbonyl (C=O) groups excluding carboxylic acids is 1. The van der Waals surface area contributed by atoms with E-state index in [0.717, 1.165) is 0 Å². The number of nitrogens with two attached hydrogens (primary N) is 4. The molecule has 0 aliphatic carbocycles. The summed E-state index contributed by atoms with van der Waals surface area (Å²) in [5.74, 6) is -1.45. The molecule has 0 aliphatic rings. The predicted molar refractivity (Wildman–Crippen MR) is 102 cm³/mol. The lowest BCUT2D eigenvalue weighted by Crippen LogP contribution is -2.48. The van der Waals surface area contributed by atoms with E-state index in [1.54, 1.807) is 0 Å². The first-order valence-corrected chi connectivity index (χ1v) is 8.54. The van der Waals surface area contributed by atoms with Crippen LogP contribution in [0.4, 0.5) is 5.82 Å². The van der Waals surface area contributed by atoms with E-state index in [9.17, 15) is 14.7 Å². The van der Waals surface area contributed by atoms with Crippen LogP contribution in [0.15, 0.2) is 17.6 Å². The summed E-state index contributed by atoms with van der Waals surface area (Å²) in [5, 5.41) is 9.59. The Labute approximate surface area is 160 Å². The summed E-state index contributed by atoms with van der Waals surface area (Å²) < 4.78 is 1.48. The first kappa shape index (κ1) is 20.8. The van der Waals surface area contributed by atoms with Crippen molar-refractivity contribution in [3.05, 3.63) is 12.7 Å². The highest BCUT2D eigenvalue weighted by atomic mass is 16.4. The van der Waals surface area contributed by atoms with Crippen LogP contribution >= 0.6 is 0 Å². The number of imidazole rings is 1. The molecule has 0 bridgehead atoms. The second-order valence-corrected chi connectivity index (χ2v) is 5.98. The summed E-state index contributed by atoms with van der Waals surface area (Å²) in [5.41, 5.74) is 22.6. The van der Waals surface area contributed by atoms with E-state index in [-0.39, 0.29) is 44.4 Å². The third-order valence-corrected chi connectivity index (χ3v) is 4.02. The maximum absolute atomic E-state index is 12.8. The van der Waals surface area contributed by atoms with Crippen LogP contribution in [-0.2, 0) is 16.1 Å². The Morgan fingerprint density at radius 1 is 1.29 bits per heavy atom. The van der Waals surface area contributed by atoms with Crippen LogP contribution in [0.5, 0.6) is 0 Å². The third-order valence-electron chi connectivity index (χ3n) is 4.02. The Kier molecular flexibility index (Phi) is 7.03. The normalized spacial score (nSPS) is 11.9. The highest BCUT2D eigenvalue weighted by Crippen LogP contribution is 2.15. The highest BCUT2D eigenvalue weighted by molar-refractivity contribution is 5.86. The van der Waals surface area contributed by atoms with E-state index >= 15 is 0 Å². The molecule has 1 atom stereocenters. The van der Waals surface area contributed by atoms with Gasteiger partial charge in [-0.15, -0.1) is 0 Å². The molecule has 2 heterocycles. The molecule has 1 amide bonds. The number of fused-ring (bicyclic) bond motifs is 1. The molecule has 28 heavy (non-hydrogen) atoms. The standard InChI is InChI=1S/C15H24N10O3/c16-3-5-25(9(14(27)28)2-1-4-20-15(18)19)10(26)6-24-8-23-11-12(17)21-7-22-13(11)24/h7-9H,1-6,16H2,(H,27,28)(H2,17,21,22)(H4,18,19,20)/t9-/m0/s1. The largest absolute Gasteiger partial charge is 0.480 e. The molecule has 0 unspecified atom stereocenters. The van der Waals surface area contributed by atoms with Crippen molar-refractivity contribution < 1.29 is 14.7 Å². The number of carboxylic acids is 1. The van der Waals surface area contributed by atoms with Crippen LogP contribution in [0.3, 0.4) is 0 Å². The van der Waals surface area contributed by atoms with Gasteiger partial charge in [0.15, 0.2) is 17.4 Å². The molecule has 9 N–H and O–H groups in total. The van der Waals surface area contributed by atoms with Gasteiger partial charge in [-0.3, -0.25) is 9.79 Å². The van der Waals surface area contributed by atoms with Crippen LogP contribution < -0.4 is 22.9 Å². The van der Waals surface area contributed by atoms with Crippen molar-refractivity contribution in [2.75, 3.05) is 25.4 Å². The molecule has 0 aliphatic heterocycles. The quantitative estimate of drug-likeness (QED) is 0.165. The number of nitrogens with zero attached hydrogens (tertiary/aromatic N) is 6. The van der Waals surface area contributed by atoms with Crippen molar-refractivity contribution in [1.29, 1.82) is 0 Å². The van der Waals surface area contributed by atoms with Crippen molar-refractivity contribution in [3.8, 4) is 0 Å². The zero-order valence-corrected chi connectivity index (χ0v) is 15.2. The van der Waals surface area contributed by atoms with Gasteiger partial charge in [0, 0.05) is 19.6 Å². The molecule has 0 saturated carbocycles. The zero-order valence-electron chi connectivity index (χ0n) is 15.2. The summed E-state index contributed by atoms with van der Waals surface area (Å²) in [6.07, 6.45) is 3.24. The minimum atomic E-state index is -1.13. The van der Waals surface area contributed by atoms with Crippen LogP contribution in [0, 0.1) is 0 Å². The van der Waals surface area contributed by atoms with E-state index < -0.39 is 17.9 Å². The smallest absolute Gasteiger partial charge is 0.326 e. The van der Waals surface area contributed by atoms with Crippen molar-refractivity contribution in [2.45, 2.75) is 25.4 Å². The van der Waals surface area contributed by atoms with Gasteiger partial charge in [-0.25, -0.2) is 19.7 Å². The van der Waals surface area contributed by atoms with Gasteiger partial charge in [-0.1, -0.05) is 0 Å². The minimum Gasteiger partial charge on any atom is -0.480 e. The van der Waals surface area contributed by atoms with Gasteiger partial charge in [0.1, 0.15) is 24.4 Å². The van der Waals surface area contributed by atoms with Gasteiger partial charge in [-0.2, -0.15) is 0 Å². The number of nitrogen functional groups attached to an aromatic ring is 1. The molecule has 0 fully saturated rings. The van der Waals surface area contributed by atoms with Gasteiger partial charge in [0.2, 0.25) is 5.91 Å². The van der Waals surface area contributed by atoms with Crippen molar-refractivity contribution >= 4 is 34.8 Å². The molecule has 0 spiro atoms. The lowest BCUT2D eigenvalue weighted by atomic mass is 10.1. The second kappa shape index (κ2) is 9.45. The maximum atomic E-state index is 12.8. The number of carbonyl (C=O) groups is 2. The number of aromatic nitrogens is 4. The Hall–Kier alpha value is -3.48. The van der Waals surface area contributed by atoms with E-state index in [2.05, 4.69) is 19.9 Å². The van der Waals surface area contributed by atoms with Crippen molar-refractivity contribution in [3.63, 3.8) is 0 Å². The van der Waals surface area contributed by atoms with Gasteiger partial charge >= 0.3 is 5.97 Å². The first-order valence-electron chi connectivity index (χ1n) is 8.54. The topological polar surface area (TPSA) is 218 Å². The molecule has 0 aromatic carbocycles. The highest BCUT2D eigenvalue weighted by Gasteiger charge is 2.29. The Bertz CT molecular complexity index is 861. The molecule has 13 nitrogen and oxygen atoms in total. The summed E-state index contributed by atoms with van der Waals surface area (Å²) >= 11 is 0. The number of hydrogen-bond donors (Lipinski definition) is 5. The number of guanidine groups is 1. The number of hydrogen-bond acceptors (Lipinski definition) is 8. The maximum Gasteiger partial charge on any atom is 0.326 e. The molecular weight excluding hydrogens is 368 g/mol. The molecule has 2 aromatic rings. The molecule has 0 saturated heterocycles. The van der Waals surface area contributed by atoms with Crippen LogP contribution in [-0.4, -0.2) is 73.0 Å². The van der Waals surface area contributed by atoms with Crippen LogP contribution in [0.25, 0.3) is 11.2 Å². The number of aliphatic carboxylic acids is 1. The van der Waals surface area contributed by atoms with Gasteiger partial charge < -0.3 is 37.5 Å². The van der Waals surface area contributed by atoms with E-state index in [1.807, 2.05) is 0 Å². The molecule has 152 valence electrons. The first-order chi connectivity index (χ1) is 13.3. The van der Waals surface area contributed by atoms with Crippen molar-refractivity contribution in [2.24, 2.45) is 22.2 Å². The average molecular weight is 392 g/mol. The van der Waals surface area contributed by atoms with Crippen LogP contribution in [0.1, 0.15) is 12.8 Å². The fourth-order valence-electron chi connectivity index (χ4n) is 2.75. The minimum absolute atomic E-state index is 0.0741. The lowest BCUT2D eigenvalue weighted by Gasteiger charge is -2.28. The Balaban J connectivity index is 2.17. The number of aliphatic imine (C=N–C) groups is 1. The van der Waals surface area contributed by atoms with E-state index in [1.165, 1.54) is 22.1 Å². The second-order valence-electron chi connectivity index (χ2n) is 5.98. The fourth-order valence-corrected chi connectivity index (χ4v) is 2.75. The zero-order chi connectivity index (χ0) is 20.7. The van der Waals surface area contributed by atoms with E-state index in [0.29, 0.717) is 17.6 Å². The summed E-state index contributed by atoms with van der Waals surface area (Å²) in [6.45, 7) is 0.300. The summed E-state index contributed by atoms with van der Waals surface area (Å²) in [6, 6.07) is -1.06. The number of amides is 1. The molecular formula is C15H24N10O3. The lowest BCUT2D eigenvalue weighted by molar-refractivity contribution is -0.150. The Morgan fingerprint density at radius 2 is 2.04 bits per heavy atom. The molecule has 13 heteroatoms. The third kappa shape index (κ3) is 5.03. The summed E-state index contributed by atoms with van der Waals surface area (Å²) in [4.78, 5) is 41.6. The van der Waals surface area contributed by atoms with Crippen molar-refractivity contribution in [1.82, 2.24) is 24.4 Å². The molecule has 2 rings (SSSR count).